The highest BCUT2D eigenvalue weighted by Crippen LogP contribution is 2.31. The molecule has 4 rings (SSSR count). The van der Waals surface area contributed by atoms with E-state index < -0.39 is 0 Å². The fourth-order valence-corrected chi connectivity index (χ4v) is 3.90. The van der Waals surface area contributed by atoms with Crippen molar-refractivity contribution in [3.63, 3.8) is 0 Å². The number of amides is 1. The first kappa shape index (κ1) is 19.6. The summed E-state index contributed by atoms with van der Waals surface area (Å²) >= 11 is 6.27. The van der Waals surface area contributed by atoms with Gasteiger partial charge in [-0.25, -0.2) is 0 Å². The highest BCUT2D eigenvalue weighted by molar-refractivity contribution is 6.33. The minimum atomic E-state index is -0.0648. The van der Waals surface area contributed by atoms with Crippen LogP contribution in [0.4, 0.5) is 5.69 Å². The average molecular weight is 415 g/mol. The number of nitrogens with zero attached hydrogens (tertiary/aromatic N) is 2. The lowest BCUT2D eigenvalue weighted by molar-refractivity contribution is -0.131. The highest BCUT2D eigenvalue weighted by Gasteiger charge is 2.23. The first-order valence-corrected chi connectivity index (χ1v) is 10.2. The molecule has 2 heterocycles. The van der Waals surface area contributed by atoms with Gasteiger partial charge in [-0.15, -0.1) is 0 Å². The number of benzene rings is 2. The number of para-hydroxylation sites is 1. The molecule has 0 saturated carbocycles. The number of fused-ring (bicyclic) bond motifs is 1. The molecule has 1 fully saturated rings. The molecule has 152 valence electrons. The Labute approximate surface area is 174 Å². The lowest BCUT2D eigenvalue weighted by atomic mass is 10.1. The Morgan fingerprint density at radius 2 is 1.62 bits per heavy atom. The van der Waals surface area contributed by atoms with Crippen molar-refractivity contribution < 1.29 is 19.1 Å². The molecule has 2 aliphatic rings. The number of carbonyl (C=O) groups is 2. The van der Waals surface area contributed by atoms with E-state index in [0.29, 0.717) is 43.4 Å². The predicted octanol–water partition coefficient (Wildman–Crippen LogP) is 3.42. The van der Waals surface area contributed by atoms with Gasteiger partial charge in [0.15, 0.2) is 17.3 Å². The van der Waals surface area contributed by atoms with Gasteiger partial charge in [-0.2, -0.15) is 0 Å². The van der Waals surface area contributed by atoms with E-state index in [1.165, 1.54) is 0 Å². The zero-order chi connectivity index (χ0) is 20.2. The Bertz CT molecular complexity index is 909. The van der Waals surface area contributed by atoms with Crippen LogP contribution in [0.5, 0.6) is 11.5 Å². The molecule has 2 aromatic rings. The predicted molar refractivity (Wildman–Crippen MR) is 111 cm³/mol. The number of hydrogen-bond donors (Lipinski definition) is 0. The number of Topliss-reactive ketones (excluding diaryl/α,β-unsaturated/α-hetero) is 1. The van der Waals surface area contributed by atoms with Crippen LogP contribution in [0.2, 0.25) is 5.02 Å². The summed E-state index contributed by atoms with van der Waals surface area (Å²) in [6, 6.07) is 12.9. The third-order valence-electron chi connectivity index (χ3n) is 5.26. The van der Waals surface area contributed by atoms with E-state index in [1.807, 2.05) is 29.2 Å². The van der Waals surface area contributed by atoms with Gasteiger partial charge in [-0.05, 0) is 30.3 Å². The normalized spacial score (nSPS) is 15.9. The van der Waals surface area contributed by atoms with Crippen LogP contribution < -0.4 is 14.4 Å². The molecule has 2 aliphatic heterocycles. The Hall–Kier alpha value is -2.73. The SMILES string of the molecule is O=C(CCC(=O)N1CCN(c2ccccc2Cl)CC1)c1ccc2c(c1)OCCO2. The smallest absolute Gasteiger partial charge is 0.223 e. The molecule has 2 aromatic carbocycles. The van der Waals surface area contributed by atoms with Crippen LogP contribution in [0.3, 0.4) is 0 Å². The third-order valence-corrected chi connectivity index (χ3v) is 5.58. The van der Waals surface area contributed by atoms with Gasteiger partial charge >= 0.3 is 0 Å². The Morgan fingerprint density at radius 1 is 0.897 bits per heavy atom. The minimum Gasteiger partial charge on any atom is -0.486 e. The Balaban J connectivity index is 1.28. The van der Waals surface area contributed by atoms with E-state index in [1.54, 1.807) is 18.2 Å². The van der Waals surface area contributed by atoms with Crippen LogP contribution in [0.25, 0.3) is 0 Å². The summed E-state index contributed by atoms with van der Waals surface area (Å²) in [5, 5.41) is 0.720. The highest BCUT2D eigenvalue weighted by atomic mass is 35.5. The lowest BCUT2D eigenvalue weighted by Crippen LogP contribution is -2.48. The monoisotopic (exact) mass is 414 g/mol. The second kappa shape index (κ2) is 8.74. The molecule has 0 aromatic heterocycles. The number of anilines is 1. The largest absolute Gasteiger partial charge is 0.486 e. The van der Waals surface area contributed by atoms with E-state index in [4.69, 9.17) is 21.1 Å². The van der Waals surface area contributed by atoms with Gasteiger partial charge in [0, 0.05) is 44.6 Å². The van der Waals surface area contributed by atoms with Gasteiger partial charge in [0.25, 0.3) is 0 Å². The number of ether oxygens (including phenoxy) is 2. The maximum Gasteiger partial charge on any atom is 0.223 e. The van der Waals surface area contributed by atoms with Crippen molar-refractivity contribution in [3.05, 3.63) is 53.1 Å². The summed E-state index contributed by atoms with van der Waals surface area (Å²) in [4.78, 5) is 29.1. The first-order chi connectivity index (χ1) is 14.1. The van der Waals surface area contributed by atoms with Gasteiger partial charge < -0.3 is 19.3 Å². The van der Waals surface area contributed by atoms with Gasteiger partial charge in [0.05, 0.1) is 10.7 Å². The molecule has 0 bridgehead atoms. The molecule has 1 amide bonds. The fraction of sp³-hybridized carbons (Fsp3) is 0.364. The van der Waals surface area contributed by atoms with Crippen LogP contribution in [0, 0.1) is 0 Å². The molecule has 0 N–H and O–H groups in total. The van der Waals surface area contributed by atoms with Crippen LogP contribution in [0.15, 0.2) is 42.5 Å². The van der Waals surface area contributed by atoms with E-state index in [-0.39, 0.29) is 24.5 Å². The number of piperazine rings is 1. The number of carbonyl (C=O) groups excluding carboxylic acids is 2. The topological polar surface area (TPSA) is 59.1 Å². The van der Waals surface area contributed by atoms with Crippen molar-refractivity contribution in [1.29, 1.82) is 0 Å². The summed E-state index contributed by atoms with van der Waals surface area (Å²) < 4.78 is 11.0. The van der Waals surface area contributed by atoms with Crippen molar-refractivity contribution in [1.82, 2.24) is 4.90 Å². The molecule has 0 radical (unpaired) electrons. The average Bonchev–Trinajstić information content (AvgIpc) is 2.77. The molecular weight excluding hydrogens is 392 g/mol. The van der Waals surface area contributed by atoms with Crippen LogP contribution in [0.1, 0.15) is 23.2 Å². The molecule has 29 heavy (non-hydrogen) atoms. The van der Waals surface area contributed by atoms with Gasteiger partial charge in [-0.1, -0.05) is 23.7 Å². The summed E-state index contributed by atoms with van der Waals surface area (Å²) in [5.74, 6) is 1.18. The zero-order valence-electron chi connectivity index (χ0n) is 16.1. The fourth-order valence-electron chi connectivity index (χ4n) is 3.64. The van der Waals surface area contributed by atoms with Crippen LogP contribution in [-0.4, -0.2) is 56.0 Å². The second-order valence-electron chi connectivity index (χ2n) is 7.10. The van der Waals surface area contributed by atoms with Gasteiger partial charge in [0.1, 0.15) is 13.2 Å². The number of ketones is 1. The van der Waals surface area contributed by atoms with E-state index in [0.717, 1.165) is 23.8 Å². The van der Waals surface area contributed by atoms with E-state index >= 15 is 0 Å². The molecule has 6 nitrogen and oxygen atoms in total. The Morgan fingerprint density at radius 3 is 2.38 bits per heavy atom. The van der Waals surface area contributed by atoms with E-state index in [2.05, 4.69) is 4.90 Å². The molecular formula is C22H23ClN2O4. The van der Waals surface area contributed by atoms with Crippen molar-refractivity contribution >= 4 is 29.0 Å². The van der Waals surface area contributed by atoms with Crippen LogP contribution >= 0.6 is 11.6 Å². The molecule has 0 spiro atoms. The minimum absolute atomic E-state index is 0.00898. The lowest BCUT2D eigenvalue weighted by Gasteiger charge is -2.36. The van der Waals surface area contributed by atoms with Gasteiger partial charge in [0.2, 0.25) is 5.91 Å². The molecule has 1 saturated heterocycles. The quantitative estimate of drug-likeness (QED) is 0.701. The van der Waals surface area contributed by atoms with Gasteiger partial charge in [-0.3, -0.25) is 9.59 Å². The zero-order valence-corrected chi connectivity index (χ0v) is 16.9. The van der Waals surface area contributed by atoms with Crippen molar-refractivity contribution in [2.24, 2.45) is 0 Å². The summed E-state index contributed by atoms with van der Waals surface area (Å²) in [6.45, 7) is 3.70. The molecule has 0 aliphatic carbocycles. The molecule has 0 unspecified atom stereocenters. The summed E-state index contributed by atoms with van der Waals surface area (Å²) in [6.07, 6.45) is 0.391. The third kappa shape index (κ3) is 4.48. The molecule has 0 atom stereocenters. The Kier molecular flexibility index (Phi) is 5.90. The first-order valence-electron chi connectivity index (χ1n) is 9.82. The number of halogens is 1. The number of hydrogen-bond acceptors (Lipinski definition) is 5. The number of rotatable bonds is 5. The summed E-state index contributed by atoms with van der Waals surface area (Å²) in [7, 11) is 0. The summed E-state index contributed by atoms with van der Waals surface area (Å²) in [5.41, 5.74) is 1.54. The second-order valence-corrected chi connectivity index (χ2v) is 7.51. The van der Waals surface area contributed by atoms with Crippen molar-refractivity contribution in [2.75, 3.05) is 44.3 Å². The molecule has 7 heteroatoms. The standard InChI is InChI=1S/C22H23ClN2O4/c23-17-3-1-2-4-18(17)24-9-11-25(12-10-24)22(27)8-6-19(26)16-5-7-20-21(15-16)29-14-13-28-20/h1-5,7,15H,6,8-14H2. The van der Waals surface area contributed by atoms with E-state index in [9.17, 15) is 9.59 Å². The van der Waals surface area contributed by atoms with Crippen molar-refractivity contribution in [3.8, 4) is 11.5 Å². The van der Waals surface area contributed by atoms with Crippen molar-refractivity contribution in [2.45, 2.75) is 12.8 Å². The maximum absolute atomic E-state index is 12.6. The maximum atomic E-state index is 12.6. The van der Waals surface area contributed by atoms with Crippen LogP contribution in [-0.2, 0) is 4.79 Å².